The van der Waals surface area contributed by atoms with Crippen LogP contribution in [0.2, 0.25) is 0 Å². The number of hydrogen-bond donors (Lipinski definition) is 1. The number of anilines is 1. The van der Waals surface area contributed by atoms with E-state index < -0.39 is 30.1 Å². The number of thiocarbonyl (C=S) groups is 1. The zero-order valence-corrected chi connectivity index (χ0v) is 17.2. The summed E-state index contributed by atoms with van der Waals surface area (Å²) in [5.74, 6) is -0.607. The average Bonchev–Trinajstić information content (AvgIpc) is 2.95. The van der Waals surface area contributed by atoms with E-state index in [9.17, 15) is 22.8 Å². The summed E-state index contributed by atoms with van der Waals surface area (Å²) in [6.07, 6.45) is -3.00. The maximum absolute atomic E-state index is 13.1. The lowest BCUT2D eigenvalue weighted by molar-refractivity contribution is -0.137. The summed E-state index contributed by atoms with van der Waals surface area (Å²) in [7, 11) is 1.54. The van der Waals surface area contributed by atoms with Crippen molar-refractivity contribution < 1.29 is 27.5 Å². The molecule has 3 rings (SSSR count). The maximum Gasteiger partial charge on any atom is 0.418 e. The minimum absolute atomic E-state index is 0.152. The molecule has 2 aromatic rings. The van der Waals surface area contributed by atoms with E-state index >= 15 is 0 Å². The van der Waals surface area contributed by atoms with Gasteiger partial charge in [0.15, 0.2) is 0 Å². The van der Waals surface area contributed by atoms with E-state index in [1.165, 1.54) is 19.2 Å². The first-order chi connectivity index (χ1) is 14.2. The standard InChI is InChI=1S/C20H15F3N2O3S2/c1-28-13-8-6-12(7-9-13)10-16-18(27)25(19(29)30-16)11-17(26)24-15-5-3-2-4-14(15)20(21,22)23/h2-10H,11H2,1H3,(H,24,26)/b16-10-. The molecule has 0 spiro atoms. The van der Waals surface area contributed by atoms with Gasteiger partial charge in [0.2, 0.25) is 5.91 Å². The largest absolute Gasteiger partial charge is 0.497 e. The van der Waals surface area contributed by atoms with E-state index in [-0.39, 0.29) is 10.0 Å². The number of amides is 2. The Bertz CT molecular complexity index is 1020. The van der Waals surface area contributed by atoms with Crippen LogP contribution in [0.25, 0.3) is 6.08 Å². The Balaban J connectivity index is 1.71. The van der Waals surface area contributed by atoms with Gasteiger partial charge in [0.25, 0.3) is 5.91 Å². The van der Waals surface area contributed by atoms with Crippen molar-refractivity contribution in [1.29, 1.82) is 0 Å². The van der Waals surface area contributed by atoms with Gasteiger partial charge < -0.3 is 10.1 Å². The lowest BCUT2D eigenvalue weighted by Gasteiger charge is -2.16. The lowest BCUT2D eigenvalue weighted by atomic mass is 10.1. The lowest BCUT2D eigenvalue weighted by Crippen LogP contribution is -2.36. The minimum Gasteiger partial charge on any atom is -0.497 e. The number of benzene rings is 2. The predicted octanol–water partition coefficient (Wildman–Crippen LogP) is 4.55. The third-order valence-electron chi connectivity index (χ3n) is 4.10. The van der Waals surface area contributed by atoms with Crippen LogP contribution in [-0.4, -0.2) is 34.7 Å². The molecule has 1 aliphatic rings. The van der Waals surface area contributed by atoms with Crippen LogP contribution in [-0.2, 0) is 15.8 Å². The fourth-order valence-corrected chi connectivity index (χ4v) is 3.92. The Morgan fingerprint density at radius 3 is 2.50 bits per heavy atom. The summed E-state index contributed by atoms with van der Waals surface area (Å²) in [6.45, 7) is -0.489. The monoisotopic (exact) mass is 452 g/mol. The Morgan fingerprint density at radius 1 is 1.20 bits per heavy atom. The number of thioether (sulfide) groups is 1. The van der Waals surface area contributed by atoms with Crippen molar-refractivity contribution in [1.82, 2.24) is 4.90 Å². The Hall–Kier alpha value is -2.85. The number of methoxy groups -OCH3 is 1. The number of para-hydroxylation sites is 1. The molecule has 0 radical (unpaired) electrons. The third kappa shape index (κ3) is 5.00. The summed E-state index contributed by atoms with van der Waals surface area (Å²) in [6, 6.07) is 11.6. The molecule has 10 heteroatoms. The van der Waals surface area contributed by atoms with Crippen molar-refractivity contribution in [3.63, 3.8) is 0 Å². The number of rotatable bonds is 5. The minimum atomic E-state index is -4.62. The topological polar surface area (TPSA) is 58.6 Å². The van der Waals surface area contributed by atoms with Crippen LogP contribution in [0.5, 0.6) is 5.75 Å². The summed E-state index contributed by atoms with van der Waals surface area (Å²) < 4.78 is 44.5. The van der Waals surface area contributed by atoms with Crippen LogP contribution >= 0.6 is 24.0 Å². The molecule has 2 amide bonds. The van der Waals surface area contributed by atoms with E-state index in [4.69, 9.17) is 17.0 Å². The zero-order chi connectivity index (χ0) is 21.9. The van der Waals surface area contributed by atoms with Crippen LogP contribution in [0, 0.1) is 0 Å². The van der Waals surface area contributed by atoms with Gasteiger partial charge in [0, 0.05) is 0 Å². The summed E-state index contributed by atoms with van der Waals surface area (Å²) in [4.78, 5) is 26.3. The molecule has 1 heterocycles. The maximum atomic E-state index is 13.1. The molecular formula is C20H15F3N2O3S2. The molecule has 0 unspecified atom stereocenters. The second-order valence-corrected chi connectivity index (χ2v) is 7.81. The van der Waals surface area contributed by atoms with Gasteiger partial charge >= 0.3 is 6.18 Å². The number of hydrogen-bond acceptors (Lipinski definition) is 5. The molecule has 0 bridgehead atoms. The van der Waals surface area contributed by atoms with Crippen LogP contribution in [0.3, 0.4) is 0 Å². The average molecular weight is 452 g/mol. The predicted molar refractivity (Wildman–Crippen MR) is 113 cm³/mol. The molecule has 5 nitrogen and oxygen atoms in total. The molecule has 156 valence electrons. The highest BCUT2D eigenvalue weighted by Crippen LogP contribution is 2.35. The summed E-state index contributed by atoms with van der Waals surface area (Å²) in [5.41, 5.74) is -0.614. The van der Waals surface area contributed by atoms with Crippen molar-refractivity contribution in [3.8, 4) is 5.75 Å². The van der Waals surface area contributed by atoms with Crippen molar-refractivity contribution in [3.05, 3.63) is 64.6 Å². The summed E-state index contributed by atoms with van der Waals surface area (Å²) in [5, 5.41) is 2.21. The van der Waals surface area contributed by atoms with Crippen molar-refractivity contribution >= 4 is 51.9 Å². The highest BCUT2D eigenvalue weighted by molar-refractivity contribution is 8.26. The molecule has 1 N–H and O–H groups in total. The molecule has 1 fully saturated rings. The molecule has 1 aliphatic heterocycles. The SMILES string of the molecule is COc1ccc(/C=C2\SC(=S)N(CC(=O)Nc3ccccc3C(F)(F)F)C2=O)cc1. The first kappa shape index (κ1) is 21.8. The van der Waals surface area contributed by atoms with Gasteiger partial charge in [-0.1, -0.05) is 48.2 Å². The number of carbonyl (C=O) groups excluding carboxylic acids is 2. The second-order valence-electron chi connectivity index (χ2n) is 6.13. The fraction of sp³-hybridized carbons (Fsp3) is 0.150. The van der Waals surface area contributed by atoms with Gasteiger partial charge in [-0.3, -0.25) is 14.5 Å². The Kier molecular flexibility index (Phi) is 6.47. The van der Waals surface area contributed by atoms with E-state index in [1.807, 2.05) is 0 Å². The first-order valence-corrected chi connectivity index (χ1v) is 9.77. The van der Waals surface area contributed by atoms with Crippen LogP contribution < -0.4 is 10.1 Å². The molecule has 2 aromatic carbocycles. The van der Waals surface area contributed by atoms with Crippen LogP contribution in [0.1, 0.15) is 11.1 Å². The van der Waals surface area contributed by atoms with Crippen LogP contribution in [0.15, 0.2) is 53.4 Å². The number of halogens is 3. The highest BCUT2D eigenvalue weighted by Gasteiger charge is 2.35. The second kappa shape index (κ2) is 8.88. The fourth-order valence-electron chi connectivity index (χ4n) is 2.66. The number of nitrogens with zero attached hydrogens (tertiary/aromatic N) is 1. The molecule has 0 atom stereocenters. The number of nitrogens with one attached hydrogen (secondary N) is 1. The molecule has 30 heavy (non-hydrogen) atoms. The third-order valence-corrected chi connectivity index (χ3v) is 5.47. The molecule has 0 saturated carbocycles. The molecular weight excluding hydrogens is 437 g/mol. The van der Waals surface area contributed by atoms with Gasteiger partial charge in [-0.15, -0.1) is 0 Å². The van der Waals surface area contributed by atoms with Gasteiger partial charge in [-0.25, -0.2) is 0 Å². The van der Waals surface area contributed by atoms with Crippen molar-refractivity contribution in [2.45, 2.75) is 6.18 Å². The smallest absolute Gasteiger partial charge is 0.418 e. The van der Waals surface area contributed by atoms with E-state index in [1.54, 1.807) is 30.3 Å². The Morgan fingerprint density at radius 2 is 1.87 bits per heavy atom. The number of ether oxygens (including phenoxy) is 1. The van der Waals surface area contributed by atoms with E-state index in [0.29, 0.717) is 10.7 Å². The van der Waals surface area contributed by atoms with Gasteiger partial charge in [-0.2, -0.15) is 13.2 Å². The zero-order valence-electron chi connectivity index (χ0n) is 15.5. The first-order valence-electron chi connectivity index (χ1n) is 8.54. The van der Waals surface area contributed by atoms with Gasteiger partial charge in [0.05, 0.1) is 23.3 Å². The van der Waals surface area contributed by atoms with Crippen molar-refractivity contribution in [2.75, 3.05) is 19.0 Å². The summed E-state index contributed by atoms with van der Waals surface area (Å²) >= 11 is 6.19. The number of alkyl halides is 3. The highest BCUT2D eigenvalue weighted by atomic mass is 32.2. The van der Waals surface area contributed by atoms with Gasteiger partial charge in [-0.05, 0) is 35.9 Å². The molecule has 0 aromatic heterocycles. The molecule has 1 saturated heterocycles. The Labute approximate surface area is 179 Å². The van der Waals surface area contributed by atoms with Crippen molar-refractivity contribution in [2.24, 2.45) is 0 Å². The van der Waals surface area contributed by atoms with Crippen LogP contribution in [0.4, 0.5) is 18.9 Å². The van der Waals surface area contributed by atoms with E-state index in [2.05, 4.69) is 5.32 Å². The number of carbonyl (C=O) groups is 2. The van der Waals surface area contributed by atoms with E-state index in [0.717, 1.165) is 34.4 Å². The normalized spacial score (nSPS) is 15.6. The van der Waals surface area contributed by atoms with Gasteiger partial charge in [0.1, 0.15) is 16.6 Å². The quantitative estimate of drug-likeness (QED) is 0.533. The molecule has 0 aliphatic carbocycles.